The lowest BCUT2D eigenvalue weighted by molar-refractivity contribution is 0.625. The minimum Gasteiger partial charge on any atom is -0.206 e. The Morgan fingerprint density at radius 2 is 2.33 bits per heavy atom. The molecule has 0 atom stereocenters. The van der Waals surface area contributed by atoms with Crippen LogP contribution in [0.15, 0.2) is 23.3 Å². The fourth-order valence-corrected chi connectivity index (χ4v) is 0.735. The summed E-state index contributed by atoms with van der Waals surface area (Å²) in [6.07, 6.45) is 4.98. The van der Waals surface area contributed by atoms with Crippen LogP contribution in [0.25, 0.3) is 10.4 Å². The third-order valence-electron chi connectivity index (χ3n) is 1.27. The highest BCUT2D eigenvalue weighted by Crippen LogP contribution is 2.16. The van der Waals surface area contributed by atoms with E-state index < -0.39 is 5.82 Å². The number of halogens is 1. The molecule has 0 spiro atoms. The number of rotatable bonds is 1. The first-order valence-corrected chi connectivity index (χ1v) is 3.09. The average molecular weight is 161 g/mol. The predicted molar refractivity (Wildman–Crippen MR) is 43.1 cm³/mol. The van der Waals surface area contributed by atoms with Gasteiger partial charge in [-0.3, -0.25) is 0 Å². The molecule has 3 nitrogen and oxygen atoms in total. The van der Waals surface area contributed by atoms with Crippen LogP contribution in [0, 0.1) is 18.2 Å². The summed E-state index contributed by atoms with van der Waals surface area (Å²) in [6.45, 7) is 0. The Bertz CT molecular complexity index is 386. The van der Waals surface area contributed by atoms with Crippen molar-refractivity contribution in [3.63, 3.8) is 0 Å². The maximum Gasteiger partial charge on any atom is 0.139 e. The molecule has 0 N–H and O–H groups in total. The largest absolute Gasteiger partial charge is 0.206 e. The van der Waals surface area contributed by atoms with E-state index in [-0.39, 0.29) is 11.3 Å². The monoisotopic (exact) mass is 161 g/mol. The van der Waals surface area contributed by atoms with Crippen LogP contribution in [0.4, 0.5) is 10.1 Å². The van der Waals surface area contributed by atoms with Crippen molar-refractivity contribution in [2.75, 3.05) is 0 Å². The van der Waals surface area contributed by atoms with E-state index in [9.17, 15) is 4.39 Å². The molecule has 0 radical (unpaired) electrons. The van der Waals surface area contributed by atoms with Crippen LogP contribution in [0.1, 0.15) is 5.56 Å². The van der Waals surface area contributed by atoms with Crippen molar-refractivity contribution >= 4 is 5.69 Å². The van der Waals surface area contributed by atoms with Gasteiger partial charge in [0.25, 0.3) is 0 Å². The maximum atomic E-state index is 12.8. The first-order chi connectivity index (χ1) is 5.77. The maximum absolute atomic E-state index is 12.8. The Morgan fingerprint density at radius 3 is 2.83 bits per heavy atom. The molecule has 0 heterocycles. The van der Waals surface area contributed by atoms with Gasteiger partial charge in [-0.15, -0.1) is 6.42 Å². The predicted octanol–water partition coefficient (Wildman–Crippen LogP) is 2.75. The molecule has 0 aliphatic carbocycles. The van der Waals surface area contributed by atoms with Gasteiger partial charge in [0.05, 0.1) is 5.56 Å². The van der Waals surface area contributed by atoms with E-state index in [0.29, 0.717) is 0 Å². The number of terminal acetylenes is 1. The molecule has 1 aromatic carbocycles. The van der Waals surface area contributed by atoms with Crippen molar-refractivity contribution in [3.8, 4) is 12.3 Å². The van der Waals surface area contributed by atoms with E-state index in [1.54, 1.807) is 0 Å². The summed E-state index contributed by atoms with van der Waals surface area (Å²) in [7, 11) is 0. The van der Waals surface area contributed by atoms with Crippen LogP contribution in [-0.4, -0.2) is 0 Å². The van der Waals surface area contributed by atoms with Gasteiger partial charge in [-0.2, -0.15) is 0 Å². The highest BCUT2D eigenvalue weighted by molar-refractivity contribution is 5.44. The molecular weight excluding hydrogens is 157 g/mol. The van der Waals surface area contributed by atoms with E-state index in [4.69, 9.17) is 12.0 Å². The van der Waals surface area contributed by atoms with Gasteiger partial charge in [-0.25, -0.2) is 4.39 Å². The first kappa shape index (κ1) is 8.12. The quantitative estimate of drug-likeness (QED) is 0.263. The van der Waals surface area contributed by atoms with Crippen molar-refractivity contribution < 1.29 is 4.39 Å². The van der Waals surface area contributed by atoms with E-state index in [0.717, 1.165) is 6.07 Å². The Balaban J connectivity index is 3.20. The smallest absolute Gasteiger partial charge is 0.139 e. The molecule has 0 aliphatic heterocycles. The fraction of sp³-hybridized carbons (Fsp3) is 0. The summed E-state index contributed by atoms with van der Waals surface area (Å²) in [5.41, 5.74) is 8.41. The van der Waals surface area contributed by atoms with E-state index in [1.807, 2.05) is 0 Å². The van der Waals surface area contributed by atoms with Crippen LogP contribution in [0.2, 0.25) is 0 Å². The van der Waals surface area contributed by atoms with Gasteiger partial charge < -0.3 is 0 Å². The topological polar surface area (TPSA) is 48.8 Å². The minimum absolute atomic E-state index is 0.159. The zero-order chi connectivity index (χ0) is 8.97. The van der Waals surface area contributed by atoms with Crippen LogP contribution in [-0.2, 0) is 0 Å². The summed E-state index contributed by atoms with van der Waals surface area (Å²) < 4.78 is 12.8. The van der Waals surface area contributed by atoms with Gasteiger partial charge in [0.2, 0.25) is 0 Å². The molecule has 1 rings (SSSR count). The summed E-state index contributed by atoms with van der Waals surface area (Å²) in [5.74, 6) is 1.60. The van der Waals surface area contributed by atoms with Gasteiger partial charge in [-0.05, 0) is 17.7 Å². The van der Waals surface area contributed by atoms with Gasteiger partial charge in [0.1, 0.15) is 5.82 Å². The Hall–Kier alpha value is -1.98. The molecular formula is C8H4FN3. The lowest BCUT2D eigenvalue weighted by atomic mass is 10.2. The minimum atomic E-state index is -0.553. The highest BCUT2D eigenvalue weighted by atomic mass is 19.1. The van der Waals surface area contributed by atoms with E-state index >= 15 is 0 Å². The van der Waals surface area contributed by atoms with Crippen molar-refractivity contribution in [2.45, 2.75) is 0 Å². The Labute approximate surface area is 68.5 Å². The normalized spacial score (nSPS) is 8.33. The van der Waals surface area contributed by atoms with Crippen molar-refractivity contribution in [1.82, 2.24) is 0 Å². The molecule has 0 saturated heterocycles. The molecule has 0 amide bonds. The molecule has 0 aromatic heterocycles. The summed E-state index contributed by atoms with van der Waals surface area (Å²) in [5, 5.41) is 3.21. The molecule has 4 heteroatoms. The Morgan fingerprint density at radius 1 is 1.58 bits per heavy atom. The zero-order valence-electron chi connectivity index (χ0n) is 6.03. The number of nitrogens with zero attached hydrogens (tertiary/aromatic N) is 3. The van der Waals surface area contributed by atoms with Crippen molar-refractivity contribution in [2.24, 2.45) is 5.11 Å². The molecule has 12 heavy (non-hydrogen) atoms. The highest BCUT2D eigenvalue weighted by Gasteiger charge is 1.98. The number of benzene rings is 1. The third kappa shape index (κ3) is 1.54. The van der Waals surface area contributed by atoms with Crippen molar-refractivity contribution in [1.29, 1.82) is 0 Å². The summed E-state index contributed by atoms with van der Waals surface area (Å²) in [6, 6.07) is 3.94. The van der Waals surface area contributed by atoms with Crippen LogP contribution >= 0.6 is 0 Å². The SMILES string of the molecule is C#Cc1ccc(N=[N+]=[N-])cc1F. The second-order valence-corrected chi connectivity index (χ2v) is 2.00. The van der Waals surface area contributed by atoms with Crippen LogP contribution in [0.5, 0.6) is 0 Å². The Kier molecular flexibility index (Phi) is 2.32. The molecule has 0 aliphatic rings. The van der Waals surface area contributed by atoms with Crippen LogP contribution in [0.3, 0.4) is 0 Å². The molecule has 58 valence electrons. The molecule has 0 unspecified atom stereocenters. The van der Waals surface area contributed by atoms with Gasteiger partial charge >= 0.3 is 0 Å². The lowest BCUT2D eigenvalue weighted by Crippen LogP contribution is -1.80. The molecule has 0 saturated carbocycles. The number of azide groups is 1. The van der Waals surface area contributed by atoms with Crippen LogP contribution < -0.4 is 0 Å². The first-order valence-electron chi connectivity index (χ1n) is 3.09. The molecule has 0 fully saturated rings. The number of hydrogen-bond donors (Lipinski definition) is 0. The second-order valence-electron chi connectivity index (χ2n) is 2.00. The summed E-state index contributed by atoms with van der Waals surface area (Å²) in [4.78, 5) is 2.51. The lowest BCUT2D eigenvalue weighted by Gasteiger charge is -1.94. The van der Waals surface area contributed by atoms with Gasteiger partial charge in [-0.1, -0.05) is 17.1 Å². The third-order valence-corrected chi connectivity index (χ3v) is 1.27. The van der Waals surface area contributed by atoms with Gasteiger partial charge in [0, 0.05) is 10.6 Å². The molecule has 1 aromatic rings. The second kappa shape index (κ2) is 3.42. The average Bonchev–Trinajstić information content (AvgIpc) is 2.05. The van der Waals surface area contributed by atoms with E-state index in [2.05, 4.69) is 15.9 Å². The fourth-order valence-electron chi connectivity index (χ4n) is 0.735. The van der Waals surface area contributed by atoms with E-state index in [1.165, 1.54) is 12.1 Å². The zero-order valence-corrected chi connectivity index (χ0v) is 6.03. The van der Waals surface area contributed by atoms with Crippen molar-refractivity contribution in [3.05, 3.63) is 40.0 Å². The summed E-state index contributed by atoms with van der Waals surface area (Å²) >= 11 is 0. The standard InChI is InChI=1S/C8H4FN3/c1-2-6-3-4-7(11-12-10)5-8(6)9/h1,3-5H. The molecule has 0 bridgehead atoms. The van der Waals surface area contributed by atoms with Gasteiger partial charge in [0.15, 0.2) is 0 Å². The number of hydrogen-bond acceptors (Lipinski definition) is 1.